The van der Waals surface area contributed by atoms with E-state index in [1.54, 1.807) is 31.4 Å². The minimum Gasteiger partial charge on any atom is -0.497 e. The molecule has 29 heavy (non-hydrogen) atoms. The summed E-state index contributed by atoms with van der Waals surface area (Å²) < 4.78 is 16.3. The van der Waals surface area contributed by atoms with Crippen LogP contribution in [0.5, 0.6) is 11.5 Å². The fourth-order valence-electron chi connectivity index (χ4n) is 3.41. The Labute approximate surface area is 170 Å². The number of morpholine rings is 1. The summed E-state index contributed by atoms with van der Waals surface area (Å²) in [6, 6.07) is 17.0. The lowest BCUT2D eigenvalue weighted by molar-refractivity contribution is -0.937. The van der Waals surface area contributed by atoms with Crippen LogP contribution in [0.15, 0.2) is 48.5 Å². The van der Waals surface area contributed by atoms with Crippen molar-refractivity contribution in [2.75, 3.05) is 46.6 Å². The summed E-state index contributed by atoms with van der Waals surface area (Å²) in [4.78, 5) is 13.7. The molecule has 3 rings (SSSR count). The van der Waals surface area contributed by atoms with E-state index < -0.39 is 0 Å². The molecule has 1 aliphatic rings. The summed E-state index contributed by atoms with van der Waals surface area (Å²) in [5, 5.41) is 12.1. The maximum atomic E-state index is 12.4. The van der Waals surface area contributed by atoms with Gasteiger partial charge in [0.1, 0.15) is 36.7 Å². The summed E-state index contributed by atoms with van der Waals surface area (Å²) in [6.45, 7) is 3.56. The topological polar surface area (TPSA) is 85.0 Å². The number of ether oxygens (including phenoxy) is 3. The second kappa shape index (κ2) is 10.5. The van der Waals surface area contributed by atoms with Crippen molar-refractivity contribution in [2.45, 2.75) is 6.04 Å². The third-order valence-electron chi connectivity index (χ3n) is 5.02. The zero-order valence-electron chi connectivity index (χ0n) is 16.5. The summed E-state index contributed by atoms with van der Waals surface area (Å²) in [6.07, 6.45) is 0. The minimum atomic E-state index is -0.219. The number of hydrogen-bond donors (Lipinski definition) is 2. The highest BCUT2D eigenvalue weighted by Gasteiger charge is 2.27. The minimum absolute atomic E-state index is 0.111. The zero-order chi connectivity index (χ0) is 20.5. The Kier molecular flexibility index (Phi) is 7.45. The molecule has 7 heteroatoms. The lowest BCUT2D eigenvalue weighted by Gasteiger charge is -2.32. The Morgan fingerprint density at radius 3 is 2.62 bits per heavy atom. The molecule has 1 saturated heterocycles. The number of para-hydroxylation sites is 1. The highest BCUT2D eigenvalue weighted by molar-refractivity contribution is 5.77. The Morgan fingerprint density at radius 1 is 1.21 bits per heavy atom. The van der Waals surface area contributed by atoms with E-state index in [1.807, 2.05) is 24.3 Å². The quantitative estimate of drug-likeness (QED) is 0.687. The number of carbonyl (C=O) groups excluding carboxylic acids is 1. The number of nitriles is 1. The first kappa shape index (κ1) is 20.6. The molecule has 0 aliphatic carbocycles. The molecular weight excluding hydrogens is 370 g/mol. The van der Waals surface area contributed by atoms with E-state index in [0.29, 0.717) is 31.1 Å². The Balaban J connectivity index is 1.61. The van der Waals surface area contributed by atoms with Crippen LogP contribution in [0.4, 0.5) is 0 Å². The van der Waals surface area contributed by atoms with E-state index in [0.717, 1.165) is 24.4 Å². The van der Waals surface area contributed by atoms with Crippen LogP contribution in [0, 0.1) is 11.3 Å². The van der Waals surface area contributed by atoms with Crippen LogP contribution in [0.2, 0.25) is 0 Å². The van der Waals surface area contributed by atoms with E-state index in [-0.39, 0.29) is 18.6 Å². The molecule has 2 aromatic rings. The van der Waals surface area contributed by atoms with Crippen LogP contribution in [-0.4, -0.2) is 52.5 Å². The molecule has 1 heterocycles. The van der Waals surface area contributed by atoms with Crippen molar-refractivity contribution >= 4 is 5.91 Å². The predicted molar refractivity (Wildman–Crippen MR) is 107 cm³/mol. The monoisotopic (exact) mass is 396 g/mol. The van der Waals surface area contributed by atoms with Gasteiger partial charge in [-0.05, 0) is 36.4 Å². The smallest absolute Gasteiger partial charge is 0.258 e. The molecule has 1 atom stereocenters. The van der Waals surface area contributed by atoms with Gasteiger partial charge >= 0.3 is 0 Å². The standard InChI is InChI=1S/C22H25N3O4/c1-27-19-8-6-17(7-9-19)20(25-10-12-28-13-11-25)15-24-22(26)16-29-21-5-3-2-4-18(21)14-23/h2-9,20H,10-13,15-16H2,1H3,(H,24,26)/p+1/t20-/m0/s1. The maximum Gasteiger partial charge on any atom is 0.258 e. The van der Waals surface area contributed by atoms with Gasteiger partial charge in [0.05, 0.1) is 32.4 Å². The van der Waals surface area contributed by atoms with Gasteiger partial charge in [-0.2, -0.15) is 5.26 Å². The molecule has 1 fully saturated rings. The van der Waals surface area contributed by atoms with Gasteiger partial charge in [0.25, 0.3) is 5.91 Å². The van der Waals surface area contributed by atoms with Gasteiger partial charge in [-0.1, -0.05) is 12.1 Å². The molecule has 0 unspecified atom stereocenters. The van der Waals surface area contributed by atoms with Crippen LogP contribution in [-0.2, 0) is 9.53 Å². The summed E-state index contributed by atoms with van der Waals surface area (Å²) >= 11 is 0. The van der Waals surface area contributed by atoms with Crippen LogP contribution in [0.3, 0.4) is 0 Å². The average molecular weight is 396 g/mol. The fraction of sp³-hybridized carbons (Fsp3) is 0.364. The molecule has 0 spiro atoms. The van der Waals surface area contributed by atoms with E-state index in [4.69, 9.17) is 19.5 Å². The molecule has 0 saturated carbocycles. The molecule has 0 radical (unpaired) electrons. The molecule has 152 valence electrons. The molecule has 2 N–H and O–H groups in total. The van der Waals surface area contributed by atoms with Crippen LogP contribution in [0.25, 0.3) is 0 Å². The van der Waals surface area contributed by atoms with E-state index in [2.05, 4.69) is 11.4 Å². The molecule has 1 aliphatic heterocycles. The molecule has 7 nitrogen and oxygen atoms in total. The van der Waals surface area contributed by atoms with Gasteiger partial charge in [-0.25, -0.2) is 0 Å². The average Bonchev–Trinajstić information content (AvgIpc) is 2.79. The Morgan fingerprint density at radius 2 is 1.93 bits per heavy atom. The van der Waals surface area contributed by atoms with Gasteiger partial charge in [0.2, 0.25) is 0 Å². The highest BCUT2D eigenvalue weighted by atomic mass is 16.5. The van der Waals surface area contributed by atoms with Crippen LogP contribution in [0.1, 0.15) is 17.2 Å². The van der Waals surface area contributed by atoms with Gasteiger partial charge in [-0.15, -0.1) is 0 Å². The first-order valence-corrected chi connectivity index (χ1v) is 9.66. The number of benzene rings is 2. The van der Waals surface area contributed by atoms with Gasteiger partial charge < -0.3 is 24.4 Å². The van der Waals surface area contributed by atoms with Crippen molar-refractivity contribution in [3.05, 3.63) is 59.7 Å². The second-order valence-corrected chi connectivity index (χ2v) is 6.80. The third kappa shape index (κ3) is 5.70. The SMILES string of the molecule is COc1ccc([C@H](CNC(=O)COc2ccccc2C#N)[NH+]2CCOCC2)cc1. The largest absolute Gasteiger partial charge is 0.497 e. The Bertz CT molecular complexity index is 842. The van der Waals surface area contributed by atoms with E-state index in [1.165, 1.54) is 4.90 Å². The number of amides is 1. The van der Waals surface area contributed by atoms with Crippen molar-refractivity contribution in [3.8, 4) is 17.6 Å². The maximum absolute atomic E-state index is 12.4. The number of hydrogen-bond acceptors (Lipinski definition) is 5. The molecular formula is C22H26N3O4+. The normalized spacial score (nSPS) is 15.2. The molecule has 1 amide bonds. The van der Waals surface area contributed by atoms with Crippen molar-refractivity contribution in [1.82, 2.24) is 5.32 Å². The van der Waals surface area contributed by atoms with E-state index >= 15 is 0 Å². The first-order valence-electron chi connectivity index (χ1n) is 9.66. The summed E-state index contributed by atoms with van der Waals surface area (Å²) in [7, 11) is 1.64. The Hall–Kier alpha value is -3.08. The molecule has 0 aromatic heterocycles. The number of quaternary nitrogens is 1. The number of nitrogens with one attached hydrogen (secondary N) is 2. The van der Waals surface area contributed by atoms with Crippen LogP contribution >= 0.6 is 0 Å². The highest BCUT2D eigenvalue weighted by Crippen LogP contribution is 2.17. The fourth-order valence-corrected chi connectivity index (χ4v) is 3.41. The van der Waals surface area contributed by atoms with E-state index in [9.17, 15) is 4.79 Å². The lowest BCUT2D eigenvalue weighted by Crippen LogP contribution is -3.15. The van der Waals surface area contributed by atoms with Gasteiger partial charge in [0.15, 0.2) is 6.61 Å². The molecule has 0 bridgehead atoms. The van der Waals surface area contributed by atoms with Gasteiger partial charge in [0, 0.05) is 5.56 Å². The summed E-state index contributed by atoms with van der Waals surface area (Å²) in [5.74, 6) is 0.998. The predicted octanol–water partition coefficient (Wildman–Crippen LogP) is 0.718. The van der Waals surface area contributed by atoms with Crippen molar-refractivity contribution in [2.24, 2.45) is 0 Å². The second-order valence-electron chi connectivity index (χ2n) is 6.80. The third-order valence-corrected chi connectivity index (χ3v) is 5.02. The zero-order valence-corrected chi connectivity index (χ0v) is 16.5. The first-order chi connectivity index (χ1) is 14.2. The van der Waals surface area contributed by atoms with Crippen molar-refractivity contribution in [1.29, 1.82) is 5.26 Å². The lowest BCUT2D eigenvalue weighted by atomic mass is 10.0. The number of carbonyl (C=O) groups is 1. The molecule has 2 aromatic carbocycles. The van der Waals surface area contributed by atoms with Crippen molar-refractivity contribution < 1.29 is 23.9 Å². The number of methoxy groups -OCH3 is 1. The van der Waals surface area contributed by atoms with Gasteiger partial charge in [-0.3, -0.25) is 4.79 Å². The number of nitrogens with zero attached hydrogens (tertiary/aromatic N) is 1. The summed E-state index contributed by atoms with van der Waals surface area (Å²) in [5.41, 5.74) is 1.55. The van der Waals surface area contributed by atoms with Crippen molar-refractivity contribution in [3.63, 3.8) is 0 Å². The van der Waals surface area contributed by atoms with Crippen LogP contribution < -0.4 is 19.7 Å². The number of rotatable bonds is 8.